The van der Waals surface area contributed by atoms with Gasteiger partial charge in [0.25, 0.3) is 5.88 Å². The van der Waals surface area contributed by atoms with Crippen LogP contribution in [0, 0.1) is 35.9 Å². The summed E-state index contributed by atoms with van der Waals surface area (Å²) in [4.78, 5) is 17.0. The molecule has 2 bridgehead atoms. The summed E-state index contributed by atoms with van der Waals surface area (Å²) in [6, 6.07) is 10.5. The predicted molar refractivity (Wildman–Crippen MR) is 176 cm³/mol. The van der Waals surface area contributed by atoms with Crippen molar-refractivity contribution in [3.8, 4) is 5.88 Å². The number of nitrogens with zero attached hydrogens (tertiary/aromatic N) is 2. The lowest BCUT2D eigenvalue weighted by atomic mass is 9.49. The van der Waals surface area contributed by atoms with E-state index in [0.717, 1.165) is 59.3 Å². The molecule has 6 aliphatic carbocycles. The summed E-state index contributed by atoms with van der Waals surface area (Å²) < 4.78 is 29.7. The van der Waals surface area contributed by atoms with Gasteiger partial charge >= 0.3 is 0 Å². The van der Waals surface area contributed by atoms with E-state index in [0.29, 0.717) is 52.7 Å². The van der Waals surface area contributed by atoms with E-state index in [9.17, 15) is 4.79 Å². The second-order valence-corrected chi connectivity index (χ2v) is 15.2. The van der Waals surface area contributed by atoms with Crippen molar-refractivity contribution >= 4 is 27.3 Å². The Bertz CT molecular complexity index is 1950. The molecule has 3 aromatic rings. The monoisotopic (exact) mass is 681 g/mol. The number of aromatic nitrogens is 1. The van der Waals surface area contributed by atoms with Crippen LogP contribution in [0.5, 0.6) is 5.88 Å². The molecule has 236 valence electrons. The Hall–Kier alpha value is -3.29. The van der Waals surface area contributed by atoms with Gasteiger partial charge in [-0.05, 0) is 98.3 Å². The van der Waals surface area contributed by atoms with Crippen LogP contribution in [0.4, 0.5) is 4.39 Å². The third-order valence-corrected chi connectivity index (χ3v) is 12.9. The van der Waals surface area contributed by atoms with Crippen LogP contribution in [0.3, 0.4) is 0 Å². The third-order valence-electron chi connectivity index (χ3n) is 11.9. The van der Waals surface area contributed by atoms with Crippen LogP contribution in [0.15, 0.2) is 61.8 Å². The normalized spacial score (nSPS) is 28.5. The molecule has 1 spiro atoms. The van der Waals surface area contributed by atoms with Crippen molar-refractivity contribution < 1.29 is 18.4 Å². The van der Waals surface area contributed by atoms with Crippen molar-refractivity contribution in [2.45, 2.75) is 71.2 Å². The van der Waals surface area contributed by atoms with Gasteiger partial charge in [0.05, 0.1) is 11.6 Å². The number of ether oxygens (including phenoxy) is 1. The first kappa shape index (κ1) is 28.9. The summed E-state index contributed by atoms with van der Waals surface area (Å²) >= 11 is 3.71. The number of rotatable bonds is 7. The standard InChI is InChI=1S/C38H37BrFN3O3/c1-18-29-24(33(40)25(32(18)39)16-41-23-10-11-23)12-22-15-28-34(43(3)4)36-31(37(42-46-36)45-17-20-8-6-5-7-9-20)27-14-21-13-26(30(22)35(29)44)38(27,28)19(21)2/h5-9,19,22-23,28,34,41H,10-13,15-17H2,1-4H3. The van der Waals surface area contributed by atoms with Crippen LogP contribution in [0.2, 0.25) is 0 Å². The molecule has 46 heavy (non-hydrogen) atoms. The topological polar surface area (TPSA) is 67.6 Å². The molecule has 6 aliphatic rings. The minimum Gasteiger partial charge on any atom is -0.470 e. The van der Waals surface area contributed by atoms with Gasteiger partial charge in [-0.1, -0.05) is 53.2 Å². The lowest BCUT2D eigenvalue weighted by molar-refractivity contribution is 0.0590. The van der Waals surface area contributed by atoms with E-state index < -0.39 is 5.41 Å². The highest BCUT2D eigenvalue weighted by atomic mass is 79.9. The number of carbonyl (C=O) groups excluding carboxylic acids is 1. The molecule has 9 rings (SSSR count). The number of fused-ring (bicyclic) bond motifs is 5. The Morgan fingerprint density at radius 2 is 2.00 bits per heavy atom. The molecule has 6 nitrogen and oxygen atoms in total. The highest BCUT2D eigenvalue weighted by Crippen LogP contribution is 2.75. The van der Waals surface area contributed by atoms with Gasteiger partial charge in [0, 0.05) is 50.3 Å². The average molecular weight is 683 g/mol. The minimum atomic E-state index is -0.398. The molecule has 1 N–H and O–H groups in total. The molecule has 1 heterocycles. The van der Waals surface area contributed by atoms with Gasteiger partial charge in [0.15, 0.2) is 11.5 Å². The number of hydrogen-bond acceptors (Lipinski definition) is 6. The van der Waals surface area contributed by atoms with E-state index in [1.165, 1.54) is 11.1 Å². The van der Waals surface area contributed by atoms with Gasteiger partial charge < -0.3 is 14.6 Å². The summed E-state index contributed by atoms with van der Waals surface area (Å²) in [5, 5.41) is 7.98. The van der Waals surface area contributed by atoms with E-state index in [-0.39, 0.29) is 35.4 Å². The fourth-order valence-electron chi connectivity index (χ4n) is 9.71. The zero-order valence-electron chi connectivity index (χ0n) is 26.6. The van der Waals surface area contributed by atoms with E-state index in [2.05, 4.69) is 58.1 Å². The van der Waals surface area contributed by atoms with Gasteiger partial charge in [0.1, 0.15) is 12.4 Å². The number of allylic oxidation sites excluding steroid dienone is 3. The fraction of sp³-hybridized carbons (Fsp3) is 0.447. The highest BCUT2D eigenvalue weighted by Gasteiger charge is 2.67. The van der Waals surface area contributed by atoms with Gasteiger partial charge in [-0.2, -0.15) is 0 Å². The Kier molecular flexibility index (Phi) is 6.35. The van der Waals surface area contributed by atoms with E-state index >= 15 is 4.39 Å². The fourth-order valence-corrected chi connectivity index (χ4v) is 10.2. The number of halogens is 2. The summed E-state index contributed by atoms with van der Waals surface area (Å²) in [5.74, 6) is 1.32. The van der Waals surface area contributed by atoms with Crippen LogP contribution >= 0.6 is 15.9 Å². The van der Waals surface area contributed by atoms with Crippen molar-refractivity contribution in [2.75, 3.05) is 14.1 Å². The highest BCUT2D eigenvalue weighted by molar-refractivity contribution is 9.10. The Morgan fingerprint density at radius 1 is 1.22 bits per heavy atom. The second-order valence-electron chi connectivity index (χ2n) is 14.4. The maximum Gasteiger partial charge on any atom is 0.263 e. The summed E-state index contributed by atoms with van der Waals surface area (Å²) in [6.07, 6.45) is 4.30. The molecule has 2 saturated carbocycles. The molecular formula is C38H37BrFN3O3. The maximum atomic E-state index is 16.4. The Morgan fingerprint density at radius 3 is 2.74 bits per heavy atom. The number of ketones is 1. The smallest absolute Gasteiger partial charge is 0.263 e. The molecule has 8 heteroatoms. The molecule has 0 saturated heterocycles. The molecule has 2 fully saturated rings. The molecule has 5 atom stereocenters. The molecule has 5 unspecified atom stereocenters. The summed E-state index contributed by atoms with van der Waals surface area (Å²) in [7, 11) is 4.19. The summed E-state index contributed by atoms with van der Waals surface area (Å²) in [5.41, 5.74) is 12.4. The van der Waals surface area contributed by atoms with Crippen molar-refractivity contribution in [1.82, 2.24) is 15.4 Å². The molecule has 0 amide bonds. The van der Waals surface area contributed by atoms with Crippen LogP contribution < -0.4 is 10.1 Å². The molecule has 0 aliphatic heterocycles. The van der Waals surface area contributed by atoms with E-state index in [1.807, 2.05) is 37.3 Å². The summed E-state index contributed by atoms with van der Waals surface area (Å²) in [6.45, 7) is 5.12. The second kappa shape index (κ2) is 10.1. The number of nitrogens with one attached hydrogen (secondary N) is 1. The Labute approximate surface area is 276 Å². The van der Waals surface area contributed by atoms with Crippen LogP contribution in [0.25, 0.3) is 5.57 Å². The lowest BCUT2D eigenvalue weighted by Gasteiger charge is -2.54. The molecule has 2 aromatic carbocycles. The van der Waals surface area contributed by atoms with Gasteiger partial charge in [-0.3, -0.25) is 9.69 Å². The number of hydrogen-bond donors (Lipinski definition) is 1. The van der Waals surface area contributed by atoms with Gasteiger partial charge in [-0.25, -0.2) is 4.39 Å². The van der Waals surface area contributed by atoms with E-state index in [1.54, 1.807) is 0 Å². The van der Waals surface area contributed by atoms with E-state index in [4.69, 9.17) is 9.26 Å². The van der Waals surface area contributed by atoms with Gasteiger partial charge in [-0.15, -0.1) is 5.73 Å². The SMILES string of the molecule is Cc1c(Br)c(CNC2CC2)c(F)c2c1C(=O)C1=C3CC4=C=C5c6c(OCc7ccccc7)noc6C(N(C)C)C(CC1C2)C53C4C. The van der Waals surface area contributed by atoms with Crippen LogP contribution in [-0.2, 0) is 19.6 Å². The van der Waals surface area contributed by atoms with Crippen molar-refractivity contribution in [2.24, 2.45) is 23.2 Å². The maximum absolute atomic E-state index is 16.4. The largest absolute Gasteiger partial charge is 0.470 e. The number of benzene rings is 2. The minimum absolute atomic E-state index is 0.00523. The zero-order chi connectivity index (χ0) is 31.6. The number of carbonyl (C=O) groups is 1. The molecule has 0 radical (unpaired) electrons. The third kappa shape index (κ3) is 3.76. The predicted octanol–water partition coefficient (Wildman–Crippen LogP) is 7.65. The zero-order valence-corrected chi connectivity index (χ0v) is 28.2. The number of Topliss-reactive ketones (excluding diaryl/α,β-unsaturated/α-hetero) is 1. The van der Waals surface area contributed by atoms with Gasteiger partial charge in [0.2, 0.25) is 0 Å². The first-order valence-electron chi connectivity index (χ1n) is 16.6. The van der Waals surface area contributed by atoms with Crippen LogP contribution in [0.1, 0.15) is 82.6 Å². The molecule has 1 aromatic heterocycles. The average Bonchev–Trinajstić information content (AvgIpc) is 3.63. The molecular weight excluding hydrogens is 645 g/mol. The van der Waals surface area contributed by atoms with Crippen LogP contribution in [-0.4, -0.2) is 36.0 Å². The van der Waals surface area contributed by atoms with Crippen molar-refractivity contribution in [3.05, 3.63) is 102 Å². The van der Waals surface area contributed by atoms with Crippen molar-refractivity contribution in [3.63, 3.8) is 0 Å². The quantitative estimate of drug-likeness (QED) is 0.259. The first-order valence-corrected chi connectivity index (χ1v) is 17.3. The Balaban J connectivity index is 1.19. The lowest BCUT2D eigenvalue weighted by Crippen LogP contribution is -2.50. The first-order chi connectivity index (χ1) is 22.2. The van der Waals surface area contributed by atoms with Crippen molar-refractivity contribution in [1.29, 1.82) is 0 Å².